The number of amides is 1. The van der Waals surface area contributed by atoms with Gasteiger partial charge in [0.2, 0.25) is 0 Å². The smallest absolute Gasteiger partial charge is 0.276 e. The molecular formula is C16H18ClN3O2. The van der Waals surface area contributed by atoms with Gasteiger partial charge in [-0.05, 0) is 20.0 Å². The Morgan fingerprint density at radius 1 is 1.23 bits per heavy atom. The first-order chi connectivity index (χ1) is 10.6. The van der Waals surface area contributed by atoms with Crippen LogP contribution in [0, 0.1) is 6.92 Å². The first kappa shape index (κ1) is 15.1. The molecule has 22 heavy (non-hydrogen) atoms. The van der Waals surface area contributed by atoms with E-state index in [0.717, 1.165) is 18.7 Å². The predicted octanol–water partition coefficient (Wildman–Crippen LogP) is 2.69. The second kappa shape index (κ2) is 6.10. The second-order valence-electron chi connectivity index (χ2n) is 5.54. The first-order valence-electron chi connectivity index (χ1n) is 7.27. The third kappa shape index (κ3) is 2.74. The molecule has 1 amide bonds. The monoisotopic (exact) mass is 319 g/mol. The van der Waals surface area contributed by atoms with Crippen LogP contribution in [-0.2, 0) is 0 Å². The molecule has 0 N–H and O–H groups in total. The number of nitrogens with zero attached hydrogens (tertiary/aromatic N) is 3. The van der Waals surface area contributed by atoms with Crippen LogP contribution in [0.3, 0.4) is 0 Å². The van der Waals surface area contributed by atoms with Crippen LogP contribution < -0.4 is 0 Å². The van der Waals surface area contributed by atoms with Crippen LogP contribution in [0.2, 0.25) is 5.02 Å². The van der Waals surface area contributed by atoms with E-state index in [-0.39, 0.29) is 5.91 Å². The van der Waals surface area contributed by atoms with Crippen LogP contribution in [-0.4, -0.2) is 54.1 Å². The lowest BCUT2D eigenvalue weighted by Gasteiger charge is -2.32. The van der Waals surface area contributed by atoms with Crippen molar-refractivity contribution in [1.29, 1.82) is 0 Å². The van der Waals surface area contributed by atoms with E-state index in [9.17, 15) is 4.79 Å². The van der Waals surface area contributed by atoms with E-state index in [0.29, 0.717) is 35.1 Å². The van der Waals surface area contributed by atoms with Crippen molar-refractivity contribution in [3.63, 3.8) is 0 Å². The van der Waals surface area contributed by atoms with E-state index in [1.165, 1.54) is 0 Å². The topological polar surface area (TPSA) is 49.6 Å². The molecule has 1 aliphatic heterocycles. The second-order valence-corrected chi connectivity index (χ2v) is 5.94. The molecule has 0 saturated carbocycles. The van der Waals surface area contributed by atoms with Crippen molar-refractivity contribution in [1.82, 2.24) is 15.0 Å². The molecule has 0 bridgehead atoms. The maximum absolute atomic E-state index is 12.8. The van der Waals surface area contributed by atoms with Gasteiger partial charge in [0.05, 0.1) is 5.56 Å². The third-order valence-electron chi connectivity index (χ3n) is 4.00. The van der Waals surface area contributed by atoms with E-state index in [1.54, 1.807) is 13.0 Å². The molecule has 1 fully saturated rings. The van der Waals surface area contributed by atoms with Crippen LogP contribution in [0.15, 0.2) is 28.8 Å². The van der Waals surface area contributed by atoms with Crippen LogP contribution in [0.25, 0.3) is 11.1 Å². The molecule has 1 aromatic heterocycles. The van der Waals surface area contributed by atoms with Gasteiger partial charge in [0.1, 0.15) is 5.76 Å². The zero-order valence-electron chi connectivity index (χ0n) is 12.7. The summed E-state index contributed by atoms with van der Waals surface area (Å²) in [5.74, 6) is 0.505. The summed E-state index contributed by atoms with van der Waals surface area (Å²) in [5, 5.41) is 4.57. The number of hydrogen-bond donors (Lipinski definition) is 0. The van der Waals surface area contributed by atoms with Gasteiger partial charge in [0.15, 0.2) is 5.69 Å². The van der Waals surface area contributed by atoms with Gasteiger partial charge in [-0.3, -0.25) is 4.79 Å². The molecule has 1 saturated heterocycles. The zero-order valence-corrected chi connectivity index (χ0v) is 13.4. The van der Waals surface area contributed by atoms with Crippen molar-refractivity contribution in [2.45, 2.75) is 6.92 Å². The molecule has 0 atom stereocenters. The lowest BCUT2D eigenvalue weighted by Crippen LogP contribution is -2.47. The van der Waals surface area contributed by atoms with Crippen LogP contribution >= 0.6 is 11.6 Å². The van der Waals surface area contributed by atoms with Gasteiger partial charge < -0.3 is 14.3 Å². The Bertz CT molecular complexity index is 690. The summed E-state index contributed by atoms with van der Waals surface area (Å²) in [7, 11) is 2.05. The Labute approximate surface area is 134 Å². The molecule has 5 nitrogen and oxygen atoms in total. The molecule has 116 valence electrons. The van der Waals surface area contributed by atoms with Crippen molar-refractivity contribution >= 4 is 17.5 Å². The number of halogens is 1. The number of rotatable bonds is 2. The highest BCUT2D eigenvalue weighted by Crippen LogP contribution is 2.33. The van der Waals surface area contributed by atoms with Gasteiger partial charge in [-0.2, -0.15) is 0 Å². The van der Waals surface area contributed by atoms with Crippen molar-refractivity contribution in [3.05, 3.63) is 40.7 Å². The summed E-state index contributed by atoms with van der Waals surface area (Å²) in [6.45, 7) is 4.92. The number of aryl methyl sites for hydroxylation is 1. The molecule has 2 aromatic rings. The van der Waals surface area contributed by atoms with Crippen LogP contribution in [0.1, 0.15) is 16.2 Å². The minimum absolute atomic E-state index is 0.0973. The number of aromatic nitrogens is 1. The average Bonchev–Trinajstić information content (AvgIpc) is 2.89. The SMILES string of the molecule is Cc1onc(C(=O)N2CCN(C)CC2)c1-c1ccccc1Cl. The summed E-state index contributed by atoms with van der Waals surface area (Å²) in [4.78, 5) is 16.8. The molecule has 0 radical (unpaired) electrons. The normalized spacial score (nSPS) is 16.0. The maximum Gasteiger partial charge on any atom is 0.276 e. The van der Waals surface area contributed by atoms with Crippen LogP contribution in [0.5, 0.6) is 0 Å². The van der Waals surface area contributed by atoms with Gasteiger partial charge in [0.25, 0.3) is 5.91 Å². The van der Waals surface area contributed by atoms with Gasteiger partial charge in [0, 0.05) is 36.8 Å². The average molecular weight is 320 g/mol. The number of benzene rings is 1. The molecule has 1 aliphatic rings. The number of carbonyl (C=O) groups excluding carboxylic acids is 1. The molecule has 1 aromatic carbocycles. The van der Waals surface area contributed by atoms with E-state index in [2.05, 4.69) is 17.1 Å². The third-order valence-corrected chi connectivity index (χ3v) is 4.33. The molecule has 2 heterocycles. The highest BCUT2D eigenvalue weighted by molar-refractivity contribution is 6.33. The Morgan fingerprint density at radius 3 is 2.59 bits per heavy atom. The molecule has 6 heteroatoms. The predicted molar refractivity (Wildman–Crippen MR) is 85.1 cm³/mol. The summed E-state index contributed by atoms with van der Waals surface area (Å²) < 4.78 is 5.27. The molecule has 0 aliphatic carbocycles. The highest BCUT2D eigenvalue weighted by Gasteiger charge is 2.28. The summed E-state index contributed by atoms with van der Waals surface area (Å²) >= 11 is 6.27. The Morgan fingerprint density at radius 2 is 1.91 bits per heavy atom. The van der Waals surface area contributed by atoms with E-state index < -0.39 is 0 Å². The van der Waals surface area contributed by atoms with E-state index in [4.69, 9.17) is 16.1 Å². The quantitative estimate of drug-likeness (QED) is 0.854. The number of likely N-dealkylation sites (N-methyl/N-ethyl adjacent to an activating group) is 1. The van der Waals surface area contributed by atoms with Crippen molar-refractivity contribution in [2.24, 2.45) is 0 Å². The van der Waals surface area contributed by atoms with Crippen molar-refractivity contribution < 1.29 is 9.32 Å². The largest absolute Gasteiger partial charge is 0.360 e. The molecular weight excluding hydrogens is 302 g/mol. The van der Waals surface area contributed by atoms with Gasteiger partial charge in [-0.15, -0.1) is 0 Å². The molecule has 0 spiro atoms. The molecule has 3 rings (SSSR count). The Kier molecular flexibility index (Phi) is 4.18. The van der Waals surface area contributed by atoms with Gasteiger partial charge in [-0.25, -0.2) is 0 Å². The van der Waals surface area contributed by atoms with Crippen molar-refractivity contribution in [2.75, 3.05) is 33.2 Å². The zero-order chi connectivity index (χ0) is 15.7. The fraction of sp³-hybridized carbons (Fsp3) is 0.375. The van der Waals surface area contributed by atoms with Gasteiger partial charge >= 0.3 is 0 Å². The standard InChI is InChI=1S/C16H18ClN3O2/c1-11-14(12-5-3-4-6-13(12)17)15(18-22-11)16(21)20-9-7-19(2)8-10-20/h3-6H,7-10H2,1-2H3. The molecule has 0 unspecified atom stereocenters. The maximum atomic E-state index is 12.8. The Hall–Kier alpha value is -1.85. The highest BCUT2D eigenvalue weighted by atomic mass is 35.5. The summed E-state index contributed by atoms with van der Waals surface area (Å²) in [6, 6.07) is 7.42. The van der Waals surface area contributed by atoms with Gasteiger partial charge in [-0.1, -0.05) is 35.0 Å². The van der Waals surface area contributed by atoms with Crippen molar-refractivity contribution in [3.8, 4) is 11.1 Å². The summed E-state index contributed by atoms with van der Waals surface area (Å²) in [6.07, 6.45) is 0. The summed E-state index contributed by atoms with van der Waals surface area (Å²) in [5.41, 5.74) is 1.81. The van der Waals surface area contributed by atoms with E-state index >= 15 is 0 Å². The fourth-order valence-corrected chi connectivity index (χ4v) is 2.89. The van der Waals surface area contributed by atoms with Crippen LogP contribution in [0.4, 0.5) is 0 Å². The first-order valence-corrected chi connectivity index (χ1v) is 7.64. The van der Waals surface area contributed by atoms with E-state index in [1.807, 2.05) is 23.1 Å². The fourth-order valence-electron chi connectivity index (χ4n) is 2.66. The lowest BCUT2D eigenvalue weighted by atomic mass is 10.0. The number of piperazine rings is 1. The minimum Gasteiger partial charge on any atom is -0.360 e. The minimum atomic E-state index is -0.0973. The number of carbonyl (C=O) groups is 1. The lowest BCUT2D eigenvalue weighted by molar-refractivity contribution is 0.0654. The Balaban J connectivity index is 1.96. The number of hydrogen-bond acceptors (Lipinski definition) is 4.